The van der Waals surface area contributed by atoms with Gasteiger partial charge in [-0.2, -0.15) is 0 Å². The van der Waals surface area contributed by atoms with E-state index in [2.05, 4.69) is 12.1 Å². The van der Waals surface area contributed by atoms with Crippen LogP contribution in [0.4, 0.5) is 0 Å². The number of piperidine rings is 1. The fourth-order valence-corrected chi connectivity index (χ4v) is 4.55. The van der Waals surface area contributed by atoms with E-state index in [9.17, 15) is 9.59 Å². The van der Waals surface area contributed by atoms with Gasteiger partial charge >= 0.3 is 5.63 Å². The molecule has 0 unspecified atom stereocenters. The van der Waals surface area contributed by atoms with E-state index in [0.717, 1.165) is 38.7 Å². The molecule has 0 saturated carbocycles. The molecule has 2 aliphatic heterocycles. The highest BCUT2D eigenvalue weighted by atomic mass is 16.5. The first-order chi connectivity index (χ1) is 14.1. The van der Waals surface area contributed by atoms with Gasteiger partial charge in [-0.25, -0.2) is 4.79 Å². The first-order valence-electron chi connectivity index (χ1n) is 10.7. The van der Waals surface area contributed by atoms with Crippen LogP contribution in [-0.4, -0.2) is 36.1 Å². The van der Waals surface area contributed by atoms with Gasteiger partial charge in [0.2, 0.25) is 0 Å². The zero-order chi connectivity index (χ0) is 20.3. The van der Waals surface area contributed by atoms with Gasteiger partial charge in [0.05, 0.1) is 5.60 Å². The third-order valence-electron chi connectivity index (χ3n) is 6.31. The normalized spacial score (nSPS) is 18.7. The third-order valence-corrected chi connectivity index (χ3v) is 6.31. The van der Waals surface area contributed by atoms with Crippen molar-refractivity contribution in [2.75, 3.05) is 19.7 Å². The molecular formula is C24H29NO4. The van der Waals surface area contributed by atoms with E-state index >= 15 is 0 Å². The maximum absolute atomic E-state index is 13.0. The quantitative estimate of drug-likeness (QED) is 0.788. The van der Waals surface area contributed by atoms with E-state index in [1.807, 2.05) is 31.2 Å². The minimum absolute atomic E-state index is 0.0595. The third kappa shape index (κ3) is 4.45. The number of carbonyl (C=O) groups excluding carboxylic acids is 1. The summed E-state index contributed by atoms with van der Waals surface area (Å²) in [5.41, 5.74) is 1.49. The van der Waals surface area contributed by atoms with Crippen molar-refractivity contribution in [3.05, 3.63) is 69.3 Å². The molecule has 1 aromatic carbocycles. The molecule has 4 rings (SSSR count). The van der Waals surface area contributed by atoms with Crippen LogP contribution in [0.1, 0.15) is 59.3 Å². The lowest BCUT2D eigenvalue weighted by Crippen LogP contribution is -2.50. The van der Waals surface area contributed by atoms with Crippen molar-refractivity contribution < 1.29 is 13.9 Å². The largest absolute Gasteiger partial charge is 0.427 e. The first kappa shape index (κ1) is 19.9. The zero-order valence-corrected chi connectivity index (χ0v) is 17.1. The molecule has 2 aromatic rings. The Hall–Kier alpha value is -2.40. The fraction of sp³-hybridized carbons (Fsp3) is 0.500. The summed E-state index contributed by atoms with van der Waals surface area (Å²) in [5.74, 6) is 0.414. The van der Waals surface area contributed by atoms with Crippen LogP contribution in [0.3, 0.4) is 0 Å². The van der Waals surface area contributed by atoms with Gasteiger partial charge < -0.3 is 14.1 Å². The second-order valence-corrected chi connectivity index (χ2v) is 8.32. The number of hydrogen-bond donors (Lipinski definition) is 0. The van der Waals surface area contributed by atoms with E-state index < -0.39 is 5.63 Å². The Morgan fingerprint density at radius 3 is 2.48 bits per heavy atom. The van der Waals surface area contributed by atoms with E-state index in [1.54, 1.807) is 4.90 Å². The lowest BCUT2D eigenvalue weighted by atomic mass is 9.84. The maximum atomic E-state index is 13.0. The van der Waals surface area contributed by atoms with E-state index in [4.69, 9.17) is 9.15 Å². The Labute approximate surface area is 171 Å². The van der Waals surface area contributed by atoms with Crippen molar-refractivity contribution in [3.8, 4) is 0 Å². The van der Waals surface area contributed by atoms with Crippen LogP contribution in [0.2, 0.25) is 0 Å². The Morgan fingerprint density at radius 1 is 1.07 bits per heavy atom. The number of rotatable bonds is 4. The van der Waals surface area contributed by atoms with Crippen LogP contribution < -0.4 is 5.63 Å². The SMILES string of the molecule is Cc1cc(CCc2ccccc2)oc(=O)c1C(=O)N1CCC2(CCCCO2)CC1. The highest BCUT2D eigenvalue weighted by Crippen LogP contribution is 2.35. The molecule has 0 atom stereocenters. The van der Waals surface area contributed by atoms with Gasteiger partial charge in [-0.3, -0.25) is 4.79 Å². The minimum Gasteiger partial charge on any atom is -0.427 e. The number of hydrogen-bond acceptors (Lipinski definition) is 4. The number of aryl methyl sites for hydroxylation is 3. The van der Waals surface area contributed by atoms with Crippen LogP contribution >= 0.6 is 0 Å². The van der Waals surface area contributed by atoms with Crippen molar-refractivity contribution in [1.82, 2.24) is 4.90 Å². The molecular weight excluding hydrogens is 366 g/mol. The van der Waals surface area contributed by atoms with Gasteiger partial charge in [-0.15, -0.1) is 0 Å². The zero-order valence-electron chi connectivity index (χ0n) is 17.1. The Bertz CT molecular complexity index is 902. The van der Waals surface area contributed by atoms with Crippen molar-refractivity contribution in [2.45, 2.75) is 57.5 Å². The van der Waals surface area contributed by atoms with Crippen molar-refractivity contribution in [3.63, 3.8) is 0 Å². The minimum atomic E-state index is -0.521. The van der Waals surface area contributed by atoms with Crippen molar-refractivity contribution in [1.29, 1.82) is 0 Å². The molecule has 1 aromatic heterocycles. The molecule has 0 bridgehead atoms. The molecule has 154 valence electrons. The van der Waals surface area contributed by atoms with Gasteiger partial charge in [0, 0.05) is 26.1 Å². The fourth-order valence-electron chi connectivity index (χ4n) is 4.55. The summed E-state index contributed by atoms with van der Waals surface area (Å²) in [6.07, 6.45) is 6.52. The molecule has 1 spiro atoms. The monoisotopic (exact) mass is 395 g/mol. The number of likely N-dealkylation sites (tertiary alicyclic amines) is 1. The maximum Gasteiger partial charge on any atom is 0.349 e. The molecule has 3 heterocycles. The van der Waals surface area contributed by atoms with Crippen LogP contribution in [0, 0.1) is 6.92 Å². The topological polar surface area (TPSA) is 59.8 Å². The predicted octanol–water partition coefficient (Wildman–Crippen LogP) is 3.91. The summed E-state index contributed by atoms with van der Waals surface area (Å²) in [6, 6.07) is 11.9. The smallest absolute Gasteiger partial charge is 0.349 e. The number of amides is 1. The van der Waals surface area contributed by atoms with E-state index in [-0.39, 0.29) is 17.1 Å². The van der Waals surface area contributed by atoms with Crippen molar-refractivity contribution in [2.24, 2.45) is 0 Å². The number of nitrogens with zero attached hydrogens (tertiary/aromatic N) is 1. The average Bonchev–Trinajstić information content (AvgIpc) is 2.73. The van der Waals surface area contributed by atoms with Crippen LogP contribution in [0.15, 0.2) is 45.6 Å². The molecule has 0 aliphatic carbocycles. The Morgan fingerprint density at radius 2 is 1.83 bits per heavy atom. The second-order valence-electron chi connectivity index (χ2n) is 8.32. The van der Waals surface area contributed by atoms with Crippen molar-refractivity contribution >= 4 is 5.91 Å². The summed E-state index contributed by atoms with van der Waals surface area (Å²) in [6.45, 7) is 3.91. The summed E-state index contributed by atoms with van der Waals surface area (Å²) in [7, 11) is 0. The molecule has 5 heteroatoms. The van der Waals surface area contributed by atoms with Crippen LogP contribution in [-0.2, 0) is 17.6 Å². The Balaban J connectivity index is 1.43. The molecule has 1 amide bonds. The van der Waals surface area contributed by atoms with E-state index in [1.165, 1.54) is 12.0 Å². The van der Waals surface area contributed by atoms with Gasteiger partial charge in [0.25, 0.3) is 5.91 Å². The summed E-state index contributed by atoms with van der Waals surface area (Å²) < 4.78 is 11.6. The van der Waals surface area contributed by atoms with Gasteiger partial charge in [0.1, 0.15) is 11.3 Å². The number of ether oxygens (including phenoxy) is 1. The van der Waals surface area contributed by atoms with Gasteiger partial charge in [-0.1, -0.05) is 30.3 Å². The predicted molar refractivity (Wildman–Crippen MR) is 111 cm³/mol. The van der Waals surface area contributed by atoms with Crippen LogP contribution in [0.5, 0.6) is 0 Å². The standard InChI is InChI=1S/C24H29NO4/c1-18-17-20(10-9-19-7-3-2-4-8-19)29-23(27)21(18)22(26)25-14-12-24(13-15-25)11-5-6-16-28-24/h2-4,7-8,17H,5-6,9-16H2,1H3. The summed E-state index contributed by atoms with van der Waals surface area (Å²) in [4.78, 5) is 27.4. The highest BCUT2D eigenvalue weighted by molar-refractivity contribution is 5.95. The summed E-state index contributed by atoms with van der Waals surface area (Å²) in [5, 5.41) is 0. The number of carbonyl (C=O) groups is 1. The highest BCUT2D eigenvalue weighted by Gasteiger charge is 2.38. The van der Waals surface area contributed by atoms with Gasteiger partial charge in [-0.05, 0) is 62.6 Å². The summed E-state index contributed by atoms with van der Waals surface area (Å²) >= 11 is 0. The average molecular weight is 395 g/mol. The molecule has 2 aliphatic rings. The second kappa shape index (κ2) is 8.54. The lowest BCUT2D eigenvalue weighted by molar-refractivity contribution is -0.107. The van der Waals surface area contributed by atoms with Crippen LogP contribution in [0.25, 0.3) is 0 Å². The van der Waals surface area contributed by atoms with Gasteiger partial charge in [0.15, 0.2) is 0 Å². The molecule has 5 nitrogen and oxygen atoms in total. The molecule has 2 fully saturated rings. The molecule has 0 radical (unpaired) electrons. The number of benzene rings is 1. The molecule has 2 saturated heterocycles. The van der Waals surface area contributed by atoms with E-state index in [0.29, 0.717) is 30.8 Å². The Kier molecular flexibility index (Phi) is 5.86. The molecule has 0 N–H and O–H groups in total. The first-order valence-corrected chi connectivity index (χ1v) is 10.7. The molecule has 29 heavy (non-hydrogen) atoms. The lowest BCUT2D eigenvalue weighted by Gasteiger charge is -2.43.